The number of rotatable bonds is 7. The summed E-state index contributed by atoms with van der Waals surface area (Å²) in [6.45, 7) is 3.81. The van der Waals surface area contributed by atoms with E-state index in [0.717, 1.165) is 53.3 Å². The maximum atomic E-state index is 5.01. The molecule has 8 heteroatoms. The van der Waals surface area contributed by atoms with Crippen LogP contribution < -0.4 is 5.32 Å². The highest BCUT2D eigenvalue weighted by Crippen LogP contribution is 2.30. The van der Waals surface area contributed by atoms with Crippen LogP contribution in [0.4, 0.5) is 5.82 Å². The number of fused-ring (bicyclic) bond motifs is 1. The Hall–Kier alpha value is -2.42. The van der Waals surface area contributed by atoms with Gasteiger partial charge in [0.2, 0.25) is 0 Å². The van der Waals surface area contributed by atoms with Gasteiger partial charge in [0.25, 0.3) is 0 Å². The van der Waals surface area contributed by atoms with Crippen molar-refractivity contribution in [3.8, 4) is 0 Å². The van der Waals surface area contributed by atoms with E-state index in [4.69, 9.17) is 4.98 Å². The van der Waals surface area contributed by atoms with Crippen LogP contribution >= 0.6 is 27.7 Å². The highest BCUT2D eigenvalue weighted by atomic mass is 79.9. The van der Waals surface area contributed by atoms with Gasteiger partial charge in [-0.25, -0.2) is 4.98 Å². The van der Waals surface area contributed by atoms with E-state index in [0.29, 0.717) is 12.5 Å². The van der Waals surface area contributed by atoms with Crippen molar-refractivity contribution in [3.05, 3.63) is 82.3 Å². The number of piperidine rings is 1. The number of halogens is 1. The van der Waals surface area contributed by atoms with Gasteiger partial charge in [-0.15, -0.1) is 11.8 Å². The lowest BCUT2D eigenvalue weighted by atomic mass is 9.94. The van der Waals surface area contributed by atoms with Crippen LogP contribution in [0.15, 0.2) is 70.4 Å². The lowest BCUT2D eigenvalue weighted by Crippen LogP contribution is -2.34. The largest absolute Gasteiger partial charge is 0.366 e. The molecule has 1 atom stereocenters. The van der Waals surface area contributed by atoms with E-state index in [9.17, 15) is 0 Å². The number of anilines is 1. The highest BCUT2D eigenvalue weighted by Gasteiger charge is 2.24. The summed E-state index contributed by atoms with van der Waals surface area (Å²) >= 11 is 5.41. The molecule has 6 nitrogen and oxygen atoms in total. The normalized spacial score (nSPS) is 16.8. The number of likely N-dealkylation sites (tertiary alicyclic amines) is 1. The molecule has 0 radical (unpaired) electrons. The molecule has 1 aliphatic rings. The molecule has 1 fully saturated rings. The van der Waals surface area contributed by atoms with Crippen LogP contribution in [0.2, 0.25) is 0 Å². The third-order valence-electron chi connectivity index (χ3n) is 6.13. The van der Waals surface area contributed by atoms with Crippen LogP contribution in [0.1, 0.15) is 35.6 Å². The molecule has 4 aromatic rings. The van der Waals surface area contributed by atoms with Gasteiger partial charge in [0.05, 0.1) is 16.4 Å². The fraction of sp³-hybridized carbons (Fsp3) is 0.320. The summed E-state index contributed by atoms with van der Waals surface area (Å²) in [5.74, 6) is 1.35. The van der Waals surface area contributed by atoms with Crippen molar-refractivity contribution >= 4 is 39.2 Å². The molecule has 4 heterocycles. The zero-order chi connectivity index (χ0) is 22.6. The minimum absolute atomic E-state index is 0.398. The van der Waals surface area contributed by atoms with E-state index in [-0.39, 0.29) is 0 Å². The molecule has 5 rings (SSSR count). The summed E-state index contributed by atoms with van der Waals surface area (Å²) in [7, 11) is 0. The number of pyridine rings is 1. The Labute approximate surface area is 207 Å². The standard InChI is InChI=1S/C25H27BrN6S/c1-33-21-8-6-18(7-9-21)16-31-11-3-5-20(17-31)23-12-24(28-14-19-4-2-10-27-13-19)32-25(30-23)22(26)15-29-32/h2,4,6-10,12-13,15,20,28H,3,5,11,14,16-17H2,1H3. The Balaban J connectivity index is 1.36. The van der Waals surface area contributed by atoms with Gasteiger partial charge in [-0.05, 0) is 70.9 Å². The van der Waals surface area contributed by atoms with Crippen LogP contribution in [0.25, 0.3) is 5.65 Å². The van der Waals surface area contributed by atoms with Crippen LogP contribution in [-0.4, -0.2) is 43.8 Å². The van der Waals surface area contributed by atoms with E-state index < -0.39 is 0 Å². The quantitative estimate of drug-likeness (QED) is 0.318. The van der Waals surface area contributed by atoms with E-state index in [1.54, 1.807) is 18.0 Å². The molecule has 170 valence electrons. The summed E-state index contributed by atoms with van der Waals surface area (Å²) in [4.78, 5) is 13.1. The Kier molecular flexibility index (Phi) is 6.94. The molecule has 0 saturated carbocycles. The van der Waals surface area contributed by atoms with E-state index in [1.165, 1.54) is 16.9 Å². The van der Waals surface area contributed by atoms with Gasteiger partial charge < -0.3 is 5.32 Å². The van der Waals surface area contributed by atoms with Crippen molar-refractivity contribution < 1.29 is 0 Å². The van der Waals surface area contributed by atoms with Crippen molar-refractivity contribution in [2.24, 2.45) is 0 Å². The minimum Gasteiger partial charge on any atom is -0.366 e. The van der Waals surface area contributed by atoms with E-state index in [1.807, 2.05) is 23.0 Å². The summed E-state index contributed by atoms with van der Waals surface area (Å²) in [5.41, 5.74) is 4.48. The monoisotopic (exact) mass is 522 g/mol. The second-order valence-electron chi connectivity index (χ2n) is 8.43. The molecule has 0 amide bonds. The van der Waals surface area contributed by atoms with Crippen LogP contribution in [-0.2, 0) is 13.1 Å². The molecule has 1 saturated heterocycles. The fourth-order valence-corrected chi connectivity index (χ4v) is 5.17. The minimum atomic E-state index is 0.398. The van der Waals surface area contributed by atoms with E-state index >= 15 is 0 Å². The molecule has 1 unspecified atom stereocenters. The van der Waals surface area contributed by atoms with Crippen LogP contribution in [0.5, 0.6) is 0 Å². The number of thioether (sulfide) groups is 1. The highest BCUT2D eigenvalue weighted by molar-refractivity contribution is 9.10. The second kappa shape index (κ2) is 10.2. The maximum Gasteiger partial charge on any atom is 0.171 e. The first-order valence-electron chi connectivity index (χ1n) is 11.2. The van der Waals surface area contributed by atoms with Crippen LogP contribution in [0.3, 0.4) is 0 Å². The Morgan fingerprint density at radius 3 is 2.82 bits per heavy atom. The van der Waals surface area contributed by atoms with Crippen molar-refractivity contribution in [2.75, 3.05) is 24.7 Å². The van der Waals surface area contributed by atoms with Crippen molar-refractivity contribution in [2.45, 2.75) is 36.7 Å². The average molecular weight is 524 g/mol. The predicted octanol–water partition coefficient (Wildman–Crippen LogP) is 5.60. The maximum absolute atomic E-state index is 5.01. The summed E-state index contributed by atoms with van der Waals surface area (Å²) in [6, 6.07) is 15.1. The Morgan fingerprint density at radius 1 is 1.15 bits per heavy atom. The van der Waals surface area contributed by atoms with Gasteiger partial charge in [0, 0.05) is 48.9 Å². The van der Waals surface area contributed by atoms with Crippen molar-refractivity contribution in [3.63, 3.8) is 0 Å². The Bertz CT molecular complexity index is 1210. The zero-order valence-electron chi connectivity index (χ0n) is 18.6. The van der Waals surface area contributed by atoms with Crippen molar-refractivity contribution in [1.82, 2.24) is 24.5 Å². The zero-order valence-corrected chi connectivity index (χ0v) is 21.0. The smallest absolute Gasteiger partial charge is 0.171 e. The average Bonchev–Trinajstić information content (AvgIpc) is 3.24. The molecule has 3 aromatic heterocycles. The number of nitrogens with one attached hydrogen (secondary N) is 1. The van der Waals surface area contributed by atoms with Gasteiger partial charge in [0.15, 0.2) is 5.65 Å². The number of nitrogens with zero attached hydrogens (tertiary/aromatic N) is 5. The lowest BCUT2D eigenvalue weighted by Gasteiger charge is -2.32. The predicted molar refractivity (Wildman–Crippen MR) is 138 cm³/mol. The topological polar surface area (TPSA) is 58.4 Å². The van der Waals surface area contributed by atoms with Gasteiger partial charge in [0.1, 0.15) is 5.82 Å². The van der Waals surface area contributed by atoms with Gasteiger partial charge >= 0.3 is 0 Å². The number of hydrogen-bond donors (Lipinski definition) is 1. The summed E-state index contributed by atoms with van der Waals surface area (Å²) in [6.07, 6.45) is 9.94. The molecular weight excluding hydrogens is 496 g/mol. The molecule has 33 heavy (non-hydrogen) atoms. The van der Waals surface area contributed by atoms with Crippen LogP contribution in [0, 0.1) is 0 Å². The number of benzene rings is 1. The second-order valence-corrected chi connectivity index (χ2v) is 10.2. The first-order chi connectivity index (χ1) is 16.2. The molecule has 1 aliphatic heterocycles. The summed E-state index contributed by atoms with van der Waals surface area (Å²) in [5, 5.41) is 8.06. The van der Waals surface area contributed by atoms with E-state index in [2.05, 4.69) is 78.9 Å². The lowest BCUT2D eigenvalue weighted by molar-refractivity contribution is 0.198. The summed E-state index contributed by atoms with van der Waals surface area (Å²) < 4.78 is 2.79. The van der Waals surface area contributed by atoms with Crippen molar-refractivity contribution in [1.29, 1.82) is 0 Å². The molecule has 0 spiro atoms. The first kappa shape index (κ1) is 22.4. The molecule has 0 bridgehead atoms. The fourth-order valence-electron chi connectivity index (χ4n) is 4.41. The third-order valence-corrected chi connectivity index (χ3v) is 7.44. The first-order valence-corrected chi connectivity index (χ1v) is 13.2. The number of hydrogen-bond acceptors (Lipinski definition) is 6. The molecule has 1 aromatic carbocycles. The van der Waals surface area contributed by atoms with Gasteiger partial charge in [-0.3, -0.25) is 9.88 Å². The molecular formula is C25H27BrN6S. The Morgan fingerprint density at radius 2 is 2.03 bits per heavy atom. The molecule has 0 aliphatic carbocycles. The molecule has 1 N–H and O–H groups in total. The van der Waals surface area contributed by atoms with Gasteiger partial charge in [-0.1, -0.05) is 18.2 Å². The SMILES string of the molecule is CSc1ccc(CN2CCCC(c3cc(NCc4cccnc4)n4ncc(Br)c4n3)C2)cc1. The third kappa shape index (κ3) is 5.23. The van der Waals surface area contributed by atoms with Gasteiger partial charge in [-0.2, -0.15) is 9.61 Å². The number of aromatic nitrogens is 4.